The molecule has 1 atom stereocenters. The van der Waals surface area contributed by atoms with Gasteiger partial charge in [-0.25, -0.2) is 0 Å². The Bertz CT molecular complexity index is 450. The van der Waals surface area contributed by atoms with Crippen LogP contribution in [0.15, 0.2) is 0 Å². The van der Waals surface area contributed by atoms with Crippen molar-refractivity contribution in [1.29, 1.82) is 0 Å². The fraction of sp³-hybridized carbons (Fsp3) is 0.947. The second-order valence-electron chi connectivity index (χ2n) is 8.81. The molecule has 4 heteroatoms. The van der Waals surface area contributed by atoms with Crippen LogP contribution in [0.2, 0.25) is 0 Å². The zero-order valence-corrected chi connectivity index (χ0v) is 14.8. The third-order valence-corrected chi connectivity index (χ3v) is 7.53. The Morgan fingerprint density at radius 3 is 2.48 bits per heavy atom. The van der Waals surface area contributed by atoms with E-state index in [1.807, 2.05) is 11.9 Å². The molecule has 0 radical (unpaired) electrons. The van der Waals surface area contributed by atoms with Crippen molar-refractivity contribution in [2.24, 2.45) is 10.8 Å². The van der Waals surface area contributed by atoms with Gasteiger partial charge in [-0.2, -0.15) is 0 Å². The first-order valence-electron chi connectivity index (χ1n) is 9.83. The molecule has 3 saturated heterocycles. The summed E-state index contributed by atoms with van der Waals surface area (Å²) in [6.07, 6.45) is 11.7. The van der Waals surface area contributed by atoms with Crippen molar-refractivity contribution in [3.63, 3.8) is 0 Å². The lowest BCUT2D eigenvalue weighted by Gasteiger charge is -2.45. The van der Waals surface area contributed by atoms with Gasteiger partial charge in [0.05, 0.1) is 5.41 Å². The molecule has 1 N–H and O–H groups in total. The number of hydrogen-bond donors (Lipinski definition) is 1. The van der Waals surface area contributed by atoms with Gasteiger partial charge in [0.2, 0.25) is 5.91 Å². The van der Waals surface area contributed by atoms with Crippen molar-refractivity contribution in [3.05, 3.63) is 0 Å². The molecule has 130 valence electrons. The highest BCUT2D eigenvalue weighted by Gasteiger charge is 2.49. The summed E-state index contributed by atoms with van der Waals surface area (Å²) in [6.45, 7) is 5.59. The first-order chi connectivity index (χ1) is 11.1. The number of nitrogens with zero attached hydrogens (tertiary/aromatic N) is 2. The molecule has 3 heterocycles. The third-order valence-electron chi connectivity index (χ3n) is 7.53. The topological polar surface area (TPSA) is 35.6 Å². The van der Waals surface area contributed by atoms with E-state index in [4.69, 9.17) is 0 Å². The highest BCUT2D eigenvalue weighted by atomic mass is 16.2. The van der Waals surface area contributed by atoms with Gasteiger partial charge in [0.15, 0.2) is 0 Å². The van der Waals surface area contributed by atoms with Gasteiger partial charge in [-0.05, 0) is 82.8 Å². The van der Waals surface area contributed by atoms with E-state index >= 15 is 0 Å². The largest absolute Gasteiger partial charge is 0.345 e. The smallest absolute Gasteiger partial charge is 0.229 e. The molecule has 1 saturated carbocycles. The van der Waals surface area contributed by atoms with E-state index in [1.54, 1.807) is 0 Å². The molecule has 23 heavy (non-hydrogen) atoms. The highest BCUT2D eigenvalue weighted by molar-refractivity contribution is 5.83. The Morgan fingerprint density at radius 2 is 1.74 bits per heavy atom. The molecule has 1 aliphatic carbocycles. The Hall–Kier alpha value is -0.610. The van der Waals surface area contributed by atoms with Crippen LogP contribution in [0.4, 0.5) is 0 Å². The summed E-state index contributed by atoms with van der Waals surface area (Å²) in [5.41, 5.74) is 0.622. The van der Waals surface area contributed by atoms with Crippen LogP contribution in [-0.4, -0.2) is 61.5 Å². The summed E-state index contributed by atoms with van der Waals surface area (Å²) in [7, 11) is 1.99. The van der Waals surface area contributed by atoms with Gasteiger partial charge in [-0.3, -0.25) is 9.69 Å². The van der Waals surface area contributed by atoms with Crippen LogP contribution in [0.3, 0.4) is 0 Å². The van der Waals surface area contributed by atoms with Gasteiger partial charge < -0.3 is 10.2 Å². The molecular formula is C19H33N3O. The minimum Gasteiger partial charge on any atom is -0.345 e. The Kier molecular flexibility index (Phi) is 4.17. The number of hydrogen-bond acceptors (Lipinski definition) is 3. The normalized spacial score (nSPS) is 36.2. The minimum atomic E-state index is -0.0309. The van der Waals surface area contributed by atoms with Crippen LogP contribution in [0, 0.1) is 10.8 Å². The number of carbonyl (C=O) groups is 1. The van der Waals surface area contributed by atoms with Crippen LogP contribution >= 0.6 is 0 Å². The SMILES string of the molecule is CN1CCC[C@]2(CCN(C3CCC4(CCNCC4)CC3)C2)C1=O. The quantitative estimate of drug-likeness (QED) is 0.805. The lowest BCUT2D eigenvalue weighted by atomic mass is 9.67. The molecule has 0 aromatic heterocycles. The second kappa shape index (κ2) is 6.03. The van der Waals surface area contributed by atoms with Crippen molar-refractivity contribution in [3.8, 4) is 0 Å². The molecule has 0 unspecified atom stereocenters. The number of likely N-dealkylation sites (tertiary alicyclic amines) is 2. The second-order valence-corrected chi connectivity index (χ2v) is 8.81. The molecular weight excluding hydrogens is 286 g/mol. The third kappa shape index (κ3) is 2.82. The van der Waals surface area contributed by atoms with Crippen LogP contribution in [-0.2, 0) is 4.79 Å². The molecule has 4 rings (SSSR count). The lowest BCUT2D eigenvalue weighted by Crippen LogP contribution is -2.49. The van der Waals surface area contributed by atoms with E-state index in [2.05, 4.69) is 10.2 Å². The summed E-state index contributed by atoms with van der Waals surface area (Å²) in [6, 6.07) is 0.745. The minimum absolute atomic E-state index is 0.0309. The molecule has 0 aromatic rings. The van der Waals surface area contributed by atoms with E-state index < -0.39 is 0 Å². The van der Waals surface area contributed by atoms with Gasteiger partial charge in [0.25, 0.3) is 0 Å². The van der Waals surface area contributed by atoms with Gasteiger partial charge >= 0.3 is 0 Å². The summed E-state index contributed by atoms with van der Waals surface area (Å²) in [4.78, 5) is 17.4. The molecule has 0 aromatic carbocycles. The van der Waals surface area contributed by atoms with Crippen molar-refractivity contribution in [2.75, 3.05) is 39.8 Å². The first-order valence-corrected chi connectivity index (χ1v) is 9.83. The average molecular weight is 319 g/mol. The van der Waals surface area contributed by atoms with E-state index in [1.165, 1.54) is 58.0 Å². The number of amides is 1. The zero-order valence-electron chi connectivity index (χ0n) is 14.8. The predicted octanol–water partition coefficient (Wildman–Crippen LogP) is 2.24. The van der Waals surface area contributed by atoms with Gasteiger partial charge in [0.1, 0.15) is 0 Å². The van der Waals surface area contributed by atoms with E-state index in [9.17, 15) is 4.79 Å². The van der Waals surface area contributed by atoms with Crippen molar-refractivity contribution in [2.45, 2.75) is 63.8 Å². The Balaban J connectivity index is 1.36. The molecule has 2 spiro atoms. The summed E-state index contributed by atoms with van der Waals surface area (Å²) in [5, 5.41) is 3.52. The fourth-order valence-electron chi connectivity index (χ4n) is 5.90. The van der Waals surface area contributed by atoms with Gasteiger partial charge in [-0.15, -0.1) is 0 Å². The van der Waals surface area contributed by atoms with E-state index in [-0.39, 0.29) is 5.41 Å². The fourth-order valence-corrected chi connectivity index (χ4v) is 5.90. The molecule has 4 fully saturated rings. The maximum absolute atomic E-state index is 12.7. The standard InChI is InChI=1S/C19H33N3O/c1-21-13-2-5-19(17(21)23)10-14-22(15-19)16-3-6-18(7-4-16)8-11-20-12-9-18/h16,20H,2-15H2,1H3/t19-/m1/s1. The van der Waals surface area contributed by atoms with Crippen molar-refractivity contribution in [1.82, 2.24) is 15.1 Å². The van der Waals surface area contributed by atoms with Crippen LogP contribution in [0.25, 0.3) is 0 Å². The van der Waals surface area contributed by atoms with Crippen molar-refractivity contribution < 1.29 is 4.79 Å². The van der Waals surface area contributed by atoms with Gasteiger partial charge in [0, 0.05) is 26.2 Å². The van der Waals surface area contributed by atoms with Crippen LogP contribution in [0.1, 0.15) is 57.8 Å². The molecule has 4 aliphatic rings. The Morgan fingerprint density at radius 1 is 1.00 bits per heavy atom. The van der Waals surface area contributed by atoms with Gasteiger partial charge in [-0.1, -0.05) is 0 Å². The highest BCUT2D eigenvalue weighted by Crippen LogP contribution is 2.47. The number of piperidine rings is 2. The van der Waals surface area contributed by atoms with Crippen LogP contribution in [0.5, 0.6) is 0 Å². The molecule has 3 aliphatic heterocycles. The first kappa shape index (κ1) is 15.9. The molecule has 4 nitrogen and oxygen atoms in total. The zero-order chi connectivity index (χ0) is 15.9. The number of nitrogens with one attached hydrogen (secondary N) is 1. The average Bonchev–Trinajstić information content (AvgIpc) is 2.99. The van der Waals surface area contributed by atoms with Crippen LogP contribution < -0.4 is 5.32 Å². The maximum atomic E-state index is 12.7. The number of rotatable bonds is 1. The molecule has 0 bridgehead atoms. The summed E-state index contributed by atoms with van der Waals surface area (Å²) >= 11 is 0. The van der Waals surface area contributed by atoms with E-state index in [0.29, 0.717) is 11.3 Å². The maximum Gasteiger partial charge on any atom is 0.229 e. The van der Waals surface area contributed by atoms with E-state index in [0.717, 1.165) is 38.5 Å². The lowest BCUT2D eigenvalue weighted by molar-refractivity contribution is -0.144. The number of carbonyl (C=O) groups excluding carboxylic acids is 1. The summed E-state index contributed by atoms with van der Waals surface area (Å²) < 4.78 is 0. The monoisotopic (exact) mass is 319 g/mol. The Labute approximate surface area is 141 Å². The summed E-state index contributed by atoms with van der Waals surface area (Å²) in [5.74, 6) is 0.428. The molecule has 1 amide bonds. The predicted molar refractivity (Wildman–Crippen MR) is 92.3 cm³/mol. The van der Waals surface area contributed by atoms with Crippen molar-refractivity contribution >= 4 is 5.91 Å².